The number of benzene rings is 2. The fraction of sp³-hybridized carbons (Fsp3) is 0.0870. The first kappa shape index (κ1) is 19.0. The zero-order valence-corrected chi connectivity index (χ0v) is 16.6. The normalized spacial score (nSPS) is 10.7. The van der Waals surface area contributed by atoms with Gasteiger partial charge in [-0.25, -0.2) is 0 Å². The molecule has 2 aromatic heterocycles. The van der Waals surface area contributed by atoms with Crippen molar-refractivity contribution in [2.45, 2.75) is 17.6 Å². The summed E-state index contributed by atoms with van der Waals surface area (Å²) < 4.78 is 5.22. The molecule has 0 fully saturated rings. The largest absolute Gasteiger partial charge is 0.350 e. The third-order valence-corrected chi connectivity index (χ3v) is 5.40. The van der Waals surface area contributed by atoms with E-state index in [4.69, 9.17) is 4.52 Å². The van der Waals surface area contributed by atoms with E-state index in [2.05, 4.69) is 21.5 Å². The van der Waals surface area contributed by atoms with Crippen LogP contribution in [0.2, 0.25) is 0 Å². The van der Waals surface area contributed by atoms with Gasteiger partial charge in [-0.05, 0) is 42.8 Å². The minimum absolute atomic E-state index is 0.176. The van der Waals surface area contributed by atoms with E-state index in [-0.39, 0.29) is 11.7 Å². The molecule has 0 unspecified atom stereocenters. The molecule has 4 rings (SSSR count). The van der Waals surface area contributed by atoms with E-state index in [1.54, 1.807) is 24.0 Å². The highest BCUT2D eigenvalue weighted by Crippen LogP contribution is 2.25. The topological polar surface area (TPSA) is 68.0 Å². The molecule has 29 heavy (non-hydrogen) atoms. The number of rotatable bonds is 6. The van der Waals surface area contributed by atoms with Crippen LogP contribution >= 0.6 is 11.8 Å². The number of carbonyl (C=O) groups excluding carboxylic acids is 1. The first-order chi connectivity index (χ1) is 14.2. The summed E-state index contributed by atoms with van der Waals surface area (Å²) in [5.41, 5.74) is 4.58. The highest BCUT2D eigenvalue weighted by atomic mass is 32.2. The van der Waals surface area contributed by atoms with Gasteiger partial charge < -0.3 is 9.84 Å². The molecular formula is C23H19N3O2S. The first-order valence-electron chi connectivity index (χ1n) is 9.14. The Morgan fingerprint density at radius 3 is 2.59 bits per heavy atom. The van der Waals surface area contributed by atoms with Crippen LogP contribution in [0, 0.1) is 6.92 Å². The smallest absolute Gasteiger partial charge is 0.294 e. The average molecular weight is 401 g/mol. The monoisotopic (exact) mass is 401 g/mol. The number of nitrogens with one attached hydrogen (secondary N) is 1. The molecule has 144 valence electrons. The third kappa shape index (κ3) is 4.92. The van der Waals surface area contributed by atoms with Gasteiger partial charge in [-0.2, -0.15) is 0 Å². The van der Waals surface area contributed by atoms with E-state index >= 15 is 0 Å². The zero-order chi connectivity index (χ0) is 20.1. The SMILES string of the molecule is Cc1ccc(-c2cc(C(=O)Nc3ccc(SCc4cccnc4)cc3)on2)cc1. The van der Waals surface area contributed by atoms with Crippen molar-refractivity contribution in [1.29, 1.82) is 0 Å². The van der Waals surface area contributed by atoms with Gasteiger partial charge in [0.25, 0.3) is 5.91 Å². The molecule has 0 aliphatic heterocycles. The first-order valence-corrected chi connectivity index (χ1v) is 10.1. The van der Waals surface area contributed by atoms with Gasteiger partial charge in [0.05, 0.1) is 0 Å². The molecule has 0 saturated heterocycles. The van der Waals surface area contributed by atoms with Gasteiger partial charge >= 0.3 is 0 Å². The lowest BCUT2D eigenvalue weighted by Crippen LogP contribution is -2.10. The fourth-order valence-electron chi connectivity index (χ4n) is 2.72. The van der Waals surface area contributed by atoms with E-state index in [0.717, 1.165) is 21.8 Å². The molecule has 5 nitrogen and oxygen atoms in total. The van der Waals surface area contributed by atoms with E-state index in [9.17, 15) is 4.79 Å². The van der Waals surface area contributed by atoms with Gasteiger partial charge in [-0.15, -0.1) is 11.8 Å². The number of anilines is 1. The number of hydrogen-bond donors (Lipinski definition) is 1. The average Bonchev–Trinajstić information content (AvgIpc) is 3.25. The summed E-state index contributed by atoms with van der Waals surface area (Å²) in [7, 11) is 0. The van der Waals surface area contributed by atoms with Gasteiger partial charge in [-0.3, -0.25) is 9.78 Å². The molecule has 0 bridgehead atoms. The minimum Gasteiger partial charge on any atom is -0.350 e. The number of pyridine rings is 1. The quantitative estimate of drug-likeness (QED) is 0.427. The summed E-state index contributed by atoms with van der Waals surface area (Å²) in [5.74, 6) is 0.696. The zero-order valence-electron chi connectivity index (χ0n) is 15.8. The van der Waals surface area contributed by atoms with Crippen molar-refractivity contribution >= 4 is 23.4 Å². The van der Waals surface area contributed by atoms with Crippen LogP contribution in [0.25, 0.3) is 11.3 Å². The molecule has 0 radical (unpaired) electrons. The van der Waals surface area contributed by atoms with Gasteiger partial charge in [0.1, 0.15) is 5.69 Å². The summed E-state index contributed by atoms with van der Waals surface area (Å²) in [5, 5.41) is 6.84. The van der Waals surface area contributed by atoms with Crippen LogP contribution in [-0.4, -0.2) is 16.0 Å². The van der Waals surface area contributed by atoms with E-state index in [1.165, 1.54) is 5.56 Å². The van der Waals surface area contributed by atoms with Crippen molar-refractivity contribution in [3.8, 4) is 11.3 Å². The van der Waals surface area contributed by atoms with Gasteiger partial charge in [-0.1, -0.05) is 41.1 Å². The lowest BCUT2D eigenvalue weighted by Gasteiger charge is -2.05. The van der Waals surface area contributed by atoms with Crippen LogP contribution in [-0.2, 0) is 5.75 Å². The number of nitrogens with zero attached hydrogens (tertiary/aromatic N) is 2. The fourth-order valence-corrected chi connectivity index (χ4v) is 3.55. The molecule has 0 spiro atoms. The molecule has 6 heteroatoms. The number of thioether (sulfide) groups is 1. The lowest BCUT2D eigenvalue weighted by atomic mass is 10.1. The molecule has 0 aliphatic carbocycles. The van der Waals surface area contributed by atoms with Gasteiger partial charge in [0.2, 0.25) is 5.76 Å². The van der Waals surface area contributed by atoms with E-state index < -0.39 is 0 Å². The molecule has 0 aliphatic rings. The predicted octanol–water partition coefficient (Wildman–Crippen LogP) is 5.59. The van der Waals surface area contributed by atoms with Crippen LogP contribution in [0.3, 0.4) is 0 Å². The van der Waals surface area contributed by atoms with Gasteiger partial charge in [0.15, 0.2) is 0 Å². The van der Waals surface area contributed by atoms with Crippen LogP contribution in [0.4, 0.5) is 5.69 Å². The van der Waals surface area contributed by atoms with Crippen molar-refractivity contribution in [3.05, 3.63) is 96.0 Å². The molecule has 0 saturated carbocycles. The second-order valence-corrected chi connectivity index (χ2v) is 7.62. The van der Waals surface area contributed by atoms with Crippen molar-refractivity contribution in [2.75, 3.05) is 5.32 Å². The molecular weight excluding hydrogens is 382 g/mol. The van der Waals surface area contributed by atoms with Crippen LogP contribution < -0.4 is 5.32 Å². The Balaban J connectivity index is 1.36. The lowest BCUT2D eigenvalue weighted by molar-refractivity contribution is 0.0988. The summed E-state index contributed by atoms with van der Waals surface area (Å²) in [6.07, 6.45) is 3.63. The van der Waals surface area contributed by atoms with E-state index in [0.29, 0.717) is 11.4 Å². The standard InChI is InChI=1S/C23H19N3O2S/c1-16-4-6-18(7-5-16)21-13-22(28-26-21)23(27)25-19-8-10-20(11-9-19)29-15-17-3-2-12-24-14-17/h2-14H,15H2,1H3,(H,25,27). The maximum atomic E-state index is 12.5. The molecule has 1 N–H and O–H groups in total. The summed E-state index contributed by atoms with van der Waals surface area (Å²) in [4.78, 5) is 17.7. The van der Waals surface area contributed by atoms with Crippen molar-refractivity contribution < 1.29 is 9.32 Å². The van der Waals surface area contributed by atoms with Crippen molar-refractivity contribution in [1.82, 2.24) is 10.1 Å². The van der Waals surface area contributed by atoms with Crippen molar-refractivity contribution in [2.24, 2.45) is 0 Å². The Bertz CT molecular complexity index is 1090. The Morgan fingerprint density at radius 1 is 1.07 bits per heavy atom. The second-order valence-electron chi connectivity index (χ2n) is 6.57. The molecule has 4 aromatic rings. The summed E-state index contributed by atoms with van der Waals surface area (Å²) >= 11 is 1.72. The maximum absolute atomic E-state index is 12.5. The predicted molar refractivity (Wildman–Crippen MR) is 115 cm³/mol. The van der Waals surface area contributed by atoms with Crippen LogP contribution in [0.5, 0.6) is 0 Å². The Kier molecular flexibility index (Phi) is 5.72. The summed E-state index contributed by atoms with van der Waals surface area (Å²) in [6, 6.07) is 21.3. The second kappa shape index (κ2) is 8.75. The summed E-state index contributed by atoms with van der Waals surface area (Å²) in [6.45, 7) is 2.02. The van der Waals surface area contributed by atoms with E-state index in [1.807, 2.05) is 67.7 Å². The minimum atomic E-state index is -0.327. The molecule has 0 atom stereocenters. The molecule has 2 aromatic carbocycles. The number of amides is 1. The number of aryl methyl sites for hydroxylation is 1. The van der Waals surface area contributed by atoms with Crippen LogP contribution in [0.1, 0.15) is 21.7 Å². The number of carbonyl (C=O) groups is 1. The Hall–Kier alpha value is -3.38. The Morgan fingerprint density at radius 2 is 1.86 bits per heavy atom. The number of aromatic nitrogens is 2. The molecule has 1 amide bonds. The maximum Gasteiger partial charge on any atom is 0.294 e. The number of hydrogen-bond acceptors (Lipinski definition) is 5. The highest BCUT2D eigenvalue weighted by molar-refractivity contribution is 7.98. The third-order valence-electron chi connectivity index (χ3n) is 4.32. The highest BCUT2D eigenvalue weighted by Gasteiger charge is 2.14. The van der Waals surface area contributed by atoms with Gasteiger partial charge in [0, 0.05) is 40.4 Å². The van der Waals surface area contributed by atoms with Crippen molar-refractivity contribution in [3.63, 3.8) is 0 Å². The molecule has 2 heterocycles. The Labute approximate surface area is 173 Å². The van der Waals surface area contributed by atoms with Crippen LogP contribution in [0.15, 0.2) is 88.5 Å².